The van der Waals surface area contributed by atoms with Crippen molar-refractivity contribution < 1.29 is 9.53 Å². The van der Waals surface area contributed by atoms with Gasteiger partial charge in [0.05, 0.1) is 6.61 Å². The second kappa shape index (κ2) is 5.18. The van der Waals surface area contributed by atoms with Crippen LogP contribution in [0.4, 0.5) is 5.95 Å². The summed E-state index contributed by atoms with van der Waals surface area (Å²) in [5.41, 5.74) is 0.456. The molecule has 0 aromatic carbocycles. The van der Waals surface area contributed by atoms with Gasteiger partial charge >= 0.3 is 0 Å². The number of rotatable bonds is 4. The summed E-state index contributed by atoms with van der Waals surface area (Å²) in [5.74, 6) is 0.624. The normalized spacial score (nSPS) is 15.9. The molecular formula is C11H18N4O2. The zero-order valence-electron chi connectivity index (χ0n) is 10.2. The van der Waals surface area contributed by atoms with Crippen LogP contribution in [0.15, 0.2) is 6.20 Å². The van der Waals surface area contributed by atoms with E-state index in [2.05, 4.69) is 15.6 Å². The predicted molar refractivity (Wildman–Crippen MR) is 64.1 cm³/mol. The maximum atomic E-state index is 11.9. The van der Waals surface area contributed by atoms with E-state index in [1.54, 1.807) is 13.3 Å². The Morgan fingerprint density at radius 1 is 1.76 bits per heavy atom. The Hall–Kier alpha value is -1.56. The number of anilines is 1. The minimum atomic E-state index is -0.154. The lowest BCUT2D eigenvalue weighted by Gasteiger charge is -2.14. The summed E-state index contributed by atoms with van der Waals surface area (Å²) in [6, 6.07) is -0.0146. The summed E-state index contributed by atoms with van der Waals surface area (Å²) in [7, 11) is 1.61. The third-order valence-electron chi connectivity index (χ3n) is 2.66. The molecule has 1 amide bonds. The Kier molecular flexibility index (Phi) is 3.63. The van der Waals surface area contributed by atoms with Gasteiger partial charge in [-0.25, -0.2) is 4.98 Å². The standard InChI is InChI=1S/C11H18N4O2/c1-8(7-17-2)13-10(16)9-6-15-5-3-4-12-11(15)14-9/h6,8H,3-5,7H2,1-2H3,(H,12,14)(H,13,16). The highest BCUT2D eigenvalue weighted by Crippen LogP contribution is 2.13. The zero-order chi connectivity index (χ0) is 12.3. The van der Waals surface area contributed by atoms with E-state index < -0.39 is 0 Å². The summed E-state index contributed by atoms with van der Waals surface area (Å²) in [4.78, 5) is 16.1. The first kappa shape index (κ1) is 11.9. The third-order valence-corrected chi connectivity index (χ3v) is 2.66. The number of aromatic nitrogens is 2. The highest BCUT2D eigenvalue weighted by molar-refractivity contribution is 5.92. The monoisotopic (exact) mass is 238 g/mol. The maximum absolute atomic E-state index is 11.9. The van der Waals surface area contributed by atoms with Crippen LogP contribution in [-0.4, -0.2) is 41.8 Å². The molecule has 1 atom stereocenters. The highest BCUT2D eigenvalue weighted by Gasteiger charge is 2.17. The molecule has 1 aromatic heterocycles. The van der Waals surface area contributed by atoms with Crippen molar-refractivity contribution in [1.82, 2.24) is 14.9 Å². The fraction of sp³-hybridized carbons (Fsp3) is 0.636. The van der Waals surface area contributed by atoms with Gasteiger partial charge in [-0.1, -0.05) is 0 Å². The van der Waals surface area contributed by atoms with Crippen LogP contribution >= 0.6 is 0 Å². The first-order chi connectivity index (χ1) is 8.20. The molecule has 0 saturated heterocycles. The van der Waals surface area contributed by atoms with Gasteiger partial charge in [0.25, 0.3) is 5.91 Å². The number of imidazole rings is 1. The van der Waals surface area contributed by atoms with Crippen molar-refractivity contribution in [1.29, 1.82) is 0 Å². The number of hydrogen-bond donors (Lipinski definition) is 2. The van der Waals surface area contributed by atoms with Crippen LogP contribution in [0.2, 0.25) is 0 Å². The Labute approximate surface area is 100 Å². The molecule has 6 nitrogen and oxygen atoms in total. The molecule has 1 aliphatic rings. The Morgan fingerprint density at radius 2 is 2.59 bits per heavy atom. The largest absolute Gasteiger partial charge is 0.383 e. The summed E-state index contributed by atoms with van der Waals surface area (Å²) in [5, 5.41) is 6.00. The van der Waals surface area contributed by atoms with Crippen LogP contribution in [0.1, 0.15) is 23.8 Å². The van der Waals surface area contributed by atoms with Gasteiger partial charge in [0.1, 0.15) is 5.69 Å². The SMILES string of the molecule is COCC(C)NC(=O)c1cn2c(n1)NCCC2. The lowest BCUT2D eigenvalue weighted by Crippen LogP contribution is -2.35. The highest BCUT2D eigenvalue weighted by atomic mass is 16.5. The molecule has 1 unspecified atom stereocenters. The number of carbonyl (C=O) groups excluding carboxylic acids is 1. The number of hydrogen-bond acceptors (Lipinski definition) is 4. The van der Waals surface area contributed by atoms with Crippen molar-refractivity contribution in [3.05, 3.63) is 11.9 Å². The molecular weight excluding hydrogens is 220 g/mol. The fourth-order valence-corrected chi connectivity index (χ4v) is 1.88. The molecule has 2 heterocycles. The third kappa shape index (κ3) is 2.76. The van der Waals surface area contributed by atoms with Gasteiger partial charge in [-0.15, -0.1) is 0 Å². The Bertz CT molecular complexity index is 379. The van der Waals surface area contributed by atoms with Gasteiger partial charge in [-0.3, -0.25) is 4.79 Å². The van der Waals surface area contributed by atoms with Crippen LogP contribution in [0.5, 0.6) is 0 Å². The fourth-order valence-electron chi connectivity index (χ4n) is 1.88. The number of fused-ring (bicyclic) bond motifs is 1. The number of carbonyl (C=O) groups is 1. The van der Waals surface area contributed by atoms with E-state index >= 15 is 0 Å². The van der Waals surface area contributed by atoms with Crippen LogP contribution < -0.4 is 10.6 Å². The van der Waals surface area contributed by atoms with Gasteiger partial charge in [-0.2, -0.15) is 0 Å². The number of aryl methyl sites for hydroxylation is 1. The van der Waals surface area contributed by atoms with Gasteiger partial charge in [0.15, 0.2) is 0 Å². The van der Waals surface area contributed by atoms with Crippen molar-refractivity contribution in [3.8, 4) is 0 Å². The van der Waals surface area contributed by atoms with Crippen molar-refractivity contribution in [2.45, 2.75) is 25.9 Å². The molecule has 2 N–H and O–H groups in total. The molecule has 1 aliphatic heterocycles. The van der Waals surface area contributed by atoms with Crippen LogP contribution in [0.3, 0.4) is 0 Å². The molecule has 1 aromatic rings. The summed E-state index contributed by atoms with van der Waals surface area (Å²) in [6.07, 6.45) is 2.85. The second-order valence-electron chi connectivity index (χ2n) is 4.25. The average Bonchev–Trinajstić information content (AvgIpc) is 2.72. The maximum Gasteiger partial charge on any atom is 0.271 e. The minimum Gasteiger partial charge on any atom is -0.383 e. The van der Waals surface area contributed by atoms with E-state index in [1.165, 1.54) is 0 Å². The molecule has 0 fully saturated rings. The van der Waals surface area contributed by atoms with Crippen molar-refractivity contribution in [2.75, 3.05) is 25.6 Å². The van der Waals surface area contributed by atoms with Crippen LogP contribution in [-0.2, 0) is 11.3 Å². The number of methoxy groups -OCH3 is 1. The number of amides is 1. The molecule has 0 radical (unpaired) electrons. The minimum absolute atomic E-state index is 0.0146. The lowest BCUT2D eigenvalue weighted by atomic mass is 10.3. The van der Waals surface area contributed by atoms with E-state index in [1.807, 2.05) is 11.5 Å². The molecule has 94 valence electrons. The van der Waals surface area contributed by atoms with Crippen LogP contribution in [0, 0.1) is 0 Å². The van der Waals surface area contributed by atoms with Crippen molar-refractivity contribution in [3.63, 3.8) is 0 Å². The van der Waals surface area contributed by atoms with Gasteiger partial charge in [0, 0.05) is 32.4 Å². The van der Waals surface area contributed by atoms with E-state index in [0.29, 0.717) is 12.3 Å². The molecule has 0 aliphatic carbocycles. The summed E-state index contributed by atoms with van der Waals surface area (Å²) < 4.78 is 6.94. The van der Waals surface area contributed by atoms with Gasteiger partial charge in [-0.05, 0) is 13.3 Å². The quantitative estimate of drug-likeness (QED) is 0.800. The molecule has 2 rings (SSSR count). The molecule has 0 saturated carbocycles. The number of nitrogens with one attached hydrogen (secondary N) is 2. The van der Waals surface area contributed by atoms with Gasteiger partial charge in [0.2, 0.25) is 5.95 Å². The summed E-state index contributed by atoms with van der Waals surface area (Å²) in [6.45, 7) is 4.22. The van der Waals surface area contributed by atoms with E-state index in [-0.39, 0.29) is 11.9 Å². The predicted octanol–water partition coefficient (Wildman–Crippen LogP) is 0.463. The summed E-state index contributed by atoms with van der Waals surface area (Å²) >= 11 is 0. The molecule has 0 spiro atoms. The number of nitrogens with zero attached hydrogens (tertiary/aromatic N) is 2. The van der Waals surface area contributed by atoms with Crippen molar-refractivity contribution in [2.24, 2.45) is 0 Å². The zero-order valence-corrected chi connectivity index (χ0v) is 10.2. The van der Waals surface area contributed by atoms with E-state index in [4.69, 9.17) is 4.74 Å². The first-order valence-corrected chi connectivity index (χ1v) is 5.81. The first-order valence-electron chi connectivity index (χ1n) is 5.81. The Morgan fingerprint density at radius 3 is 3.29 bits per heavy atom. The number of ether oxygens (including phenoxy) is 1. The topological polar surface area (TPSA) is 68.2 Å². The average molecular weight is 238 g/mol. The second-order valence-corrected chi connectivity index (χ2v) is 4.25. The smallest absolute Gasteiger partial charge is 0.271 e. The van der Waals surface area contributed by atoms with Crippen molar-refractivity contribution >= 4 is 11.9 Å². The van der Waals surface area contributed by atoms with E-state index in [9.17, 15) is 4.79 Å². The lowest BCUT2D eigenvalue weighted by molar-refractivity contribution is 0.0901. The Balaban J connectivity index is 2.01. The van der Waals surface area contributed by atoms with E-state index in [0.717, 1.165) is 25.5 Å². The van der Waals surface area contributed by atoms with Crippen LogP contribution in [0.25, 0.3) is 0 Å². The molecule has 6 heteroatoms. The van der Waals surface area contributed by atoms with Gasteiger partial charge < -0.3 is 19.9 Å². The molecule has 0 bridgehead atoms. The molecule has 17 heavy (non-hydrogen) atoms.